The highest BCUT2D eigenvalue weighted by atomic mass is 32.2. The van der Waals surface area contributed by atoms with Gasteiger partial charge in [-0.1, -0.05) is 42.5 Å². The number of para-hydroxylation sites is 1. The van der Waals surface area contributed by atoms with Crippen molar-refractivity contribution >= 4 is 23.4 Å². The summed E-state index contributed by atoms with van der Waals surface area (Å²) in [6.07, 6.45) is 10.0. The smallest absolute Gasteiger partial charge is 0.253 e. The second-order valence-corrected chi connectivity index (χ2v) is 5.74. The third-order valence-corrected chi connectivity index (χ3v) is 4.46. The number of hydrogen-bond donors (Lipinski definition) is 1. The number of nitrogens with one attached hydrogen (secondary N) is 1. The Morgan fingerprint density at radius 1 is 1.20 bits per heavy atom. The molecule has 1 aliphatic carbocycles. The van der Waals surface area contributed by atoms with E-state index in [4.69, 9.17) is 0 Å². The number of carbonyl (C=O) groups excluding carboxylic acids is 1. The van der Waals surface area contributed by atoms with Gasteiger partial charge in [0.2, 0.25) is 0 Å². The van der Waals surface area contributed by atoms with E-state index in [-0.39, 0.29) is 5.91 Å². The van der Waals surface area contributed by atoms with Crippen molar-refractivity contribution in [3.63, 3.8) is 0 Å². The third kappa shape index (κ3) is 2.49. The molecule has 3 rings (SSSR count). The number of hydrogen-bond acceptors (Lipinski definition) is 2. The van der Waals surface area contributed by atoms with E-state index in [1.165, 1.54) is 4.91 Å². The predicted octanol–water partition coefficient (Wildman–Crippen LogP) is 3.99. The number of carbonyl (C=O) groups is 1. The third-order valence-electron chi connectivity index (χ3n) is 3.36. The Morgan fingerprint density at radius 3 is 2.90 bits per heavy atom. The summed E-state index contributed by atoms with van der Waals surface area (Å²) in [5.74, 6) is 0.730. The standard InChI is InChI=1S/C17H15NOS/c1-12-7-5-6-9-15(12)18-17(19)14-11-20-16-10-4-2-3-8-13(14)16/h2-10H,11H2,1H3,(H,18,19). The predicted molar refractivity (Wildman–Crippen MR) is 85.7 cm³/mol. The lowest BCUT2D eigenvalue weighted by atomic mass is 10.1. The summed E-state index contributed by atoms with van der Waals surface area (Å²) in [6, 6.07) is 7.84. The molecule has 0 atom stereocenters. The fourth-order valence-electron chi connectivity index (χ4n) is 2.23. The fourth-order valence-corrected chi connectivity index (χ4v) is 3.34. The van der Waals surface area contributed by atoms with Gasteiger partial charge in [0.1, 0.15) is 0 Å². The maximum atomic E-state index is 12.5. The Hall–Kier alpha value is -2.00. The fraction of sp³-hybridized carbons (Fsp3) is 0.118. The van der Waals surface area contributed by atoms with Gasteiger partial charge in [-0.2, -0.15) is 0 Å². The minimum Gasteiger partial charge on any atom is -0.322 e. The zero-order chi connectivity index (χ0) is 13.9. The summed E-state index contributed by atoms with van der Waals surface area (Å²) >= 11 is 1.71. The van der Waals surface area contributed by atoms with Crippen LogP contribution in [0.2, 0.25) is 0 Å². The zero-order valence-corrected chi connectivity index (χ0v) is 12.0. The molecule has 0 radical (unpaired) electrons. The van der Waals surface area contributed by atoms with Crippen LogP contribution in [0, 0.1) is 6.92 Å². The lowest BCUT2D eigenvalue weighted by molar-refractivity contribution is -0.112. The first kappa shape index (κ1) is 13.0. The number of allylic oxidation sites excluding steroid dienone is 6. The van der Waals surface area contributed by atoms with Gasteiger partial charge in [0.15, 0.2) is 0 Å². The molecule has 1 aromatic rings. The van der Waals surface area contributed by atoms with E-state index in [2.05, 4.69) is 11.4 Å². The van der Waals surface area contributed by atoms with Crippen LogP contribution in [-0.2, 0) is 4.79 Å². The Balaban J connectivity index is 1.88. The first-order valence-corrected chi connectivity index (χ1v) is 7.52. The summed E-state index contributed by atoms with van der Waals surface area (Å²) in [4.78, 5) is 13.6. The van der Waals surface area contributed by atoms with E-state index >= 15 is 0 Å². The molecule has 0 spiro atoms. The van der Waals surface area contributed by atoms with Gasteiger partial charge < -0.3 is 5.32 Å². The number of anilines is 1. The van der Waals surface area contributed by atoms with Crippen molar-refractivity contribution in [2.24, 2.45) is 0 Å². The van der Waals surface area contributed by atoms with E-state index in [0.717, 1.165) is 28.1 Å². The summed E-state index contributed by atoms with van der Waals surface area (Å²) in [5, 5.41) is 3.01. The summed E-state index contributed by atoms with van der Waals surface area (Å²) in [7, 11) is 0. The van der Waals surface area contributed by atoms with E-state index in [9.17, 15) is 4.79 Å². The monoisotopic (exact) mass is 281 g/mol. The molecule has 1 N–H and O–H groups in total. The number of thioether (sulfide) groups is 1. The molecule has 2 aliphatic rings. The first-order chi connectivity index (χ1) is 9.75. The van der Waals surface area contributed by atoms with Crippen LogP contribution in [0.3, 0.4) is 0 Å². The highest BCUT2D eigenvalue weighted by Crippen LogP contribution is 2.38. The molecule has 1 heterocycles. The molecule has 2 nitrogen and oxygen atoms in total. The highest BCUT2D eigenvalue weighted by molar-refractivity contribution is 8.03. The number of rotatable bonds is 2. The van der Waals surface area contributed by atoms with Crippen molar-refractivity contribution in [3.05, 3.63) is 76.3 Å². The minimum absolute atomic E-state index is 0.00301. The van der Waals surface area contributed by atoms with Crippen LogP contribution in [0.15, 0.2) is 70.7 Å². The molecule has 1 aliphatic heterocycles. The summed E-state index contributed by atoms with van der Waals surface area (Å²) < 4.78 is 0. The Morgan fingerprint density at radius 2 is 2.05 bits per heavy atom. The van der Waals surface area contributed by atoms with Crippen LogP contribution in [0.25, 0.3) is 0 Å². The molecular weight excluding hydrogens is 266 g/mol. The normalized spacial score (nSPS) is 16.8. The number of fused-ring (bicyclic) bond motifs is 1. The quantitative estimate of drug-likeness (QED) is 0.888. The molecule has 0 unspecified atom stereocenters. The topological polar surface area (TPSA) is 29.1 Å². The number of aryl methyl sites for hydroxylation is 1. The maximum Gasteiger partial charge on any atom is 0.253 e. The Labute approximate surface area is 123 Å². The van der Waals surface area contributed by atoms with Crippen LogP contribution in [0.4, 0.5) is 5.69 Å². The first-order valence-electron chi connectivity index (χ1n) is 6.54. The van der Waals surface area contributed by atoms with Gasteiger partial charge in [-0.3, -0.25) is 4.79 Å². The SMILES string of the molecule is Cc1ccccc1NC(=O)C1=C2C=CC=CC=C2SC1. The van der Waals surface area contributed by atoms with E-state index < -0.39 is 0 Å². The van der Waals surface area contributed by atoms with E-state index in [0.29, 0.717) is 0 Å². The van der Waals surface area contributed by atoms with Crippen molar-refractivity contribution < 1.29 is 4.79 Å². The van der Waals surface area contributed by atoms with Crippen LogP contribution in [0.1, 0.15) is 5.56 Å². The Bertz CT molecular complexity index is 680. The van der Waals surface area contributed by atoms with Gasteiger partial charge in [-0.15, -0.1) is 11.8 Å². The van der Waals surface area contributed by atoms with Crippen molar-refractivity contribution in [3.8, 4) is 0 Å². The average Bonchev–Trinajstić information content (AvgIpc) is 2.71. The summed E-state index contributed by atoms with van der Waals surface area (Å²) in [5.41, 5.74) is 3.85. The van der Waals surface area contributed by atoms with Gasteiger partial charge in [0.25, 0.3) is 5.91 Å². The Kier molecular flexibility index (Phi) is 3.61. The molecule has 0 saturated carbocycles. The lowest BCUT2D eigenvalue weighted by Crippen LogP contribution is -2.16. The van der Waals surface area contributed by atoms with Gasteiger partial charge in [-0.05, 0) is 30.2 Å². The maximum absolute atomic E-state index is 12.5. The zero-order valence-electron chi connectivity index (χ0n) is 11.2. The molecular formula is C17H15NOS. The lowest BCUT2D eigenvalue weighted by Gasteiger charge is -2.09. The largest absolute Gasteiger partial charge is 0.322 e. The van der Waals surface area contributed by atoms with Gasteiger partial charge >= 0.3 is 0 Å². The number of amides is 1. The molecule has 20 heavy (non-hydrogen) atoms. The summed E-state index contributed by atoms with van der Waals surface area (Å²) in [6.45, 7) is 2.00. The molecule has 0 saturated heterocycles. The van der Waals surface area contributed by atoms with Crippen LogP contribution in [0.5, 0.6) is 0 Å². The molecule has 1 amide bonds. The second kappa shape index (κ2) is 5.55. The molecule has 0 fully saturated rings. The molecule has 1 aromatic carbocycles. The van der Waals surface area contributed by atoms with Gasteiger partial charge in [0, 0.05) is 21.9 Å². The van der Waals surface area contributed by atoms with E-state index in [1.807, 2.05) is 55.5 Å². The molecule has 100 valence electrons. The number of benzene rings is 1. The van der Waals surface area contributed by atoms with Crippen molar-refractivity contribution in [1.29, 1.82) is 0 Å². The second-order valence-electron chi connectivity index (χ2n) is 4.72. The average molecular weight is 281 g/mol. The van der Waals surface area contributed by atoms with Gasteiger partial charge in [-0.25, -0.2) is 0 Å². The molecule has 0 aromatic heterocycles. The van der Waals surface area contributed by atoms with Crippen molar-refractivity contribution in [1.82, 2.24) is 0 Å². The molecule has 3 heteroatoms. The van der Waals surface area contributed by atoms with Gasteiger partial charge in [0.05, 0.1) is 0 Å². The van der Waals surface area contributed by atoms with Crippen LogP contribution in [-0.4, -0.2) is 11.7 Å². The van der Waals surface area contributed by atoms with Crippen LogP contribution < -0.4 is 5.32 Å². The van der Waals surface area contributed by atoms with Crippen molar-refractivity contribution in [2.45, 2.75) is 6.92 Å². The van der Waals surface area contributed by atoms with Crippen LogP contribution >= 0.6 is 11.8 Å². The highest BCUT2D eigenvalue weighted by Gasteiger charge is 2.24. The van der Waals surface area contributed by atoms with E-state index in [1.54, 1.807) is 11.8 Å². The van der Waals surface area contributed by atoms with Crippen molar-refractivity contribution in [2.75, 3.05) is 11.1 Å². The molecule has 0 bridgehead atoms. The minimum atomic E-state index is -0.00301.